The number of benzene rings is 2. The summed E-state index contributed by atoms with van der Waals surface area (Å²) >= 11 is 0. The molecular formula is C27H35FN4O5. The van der Waals surface area contributed by atoms with Crippen molar-refractivity contribution in [2.24, 2.45) is 0 Å². The lowest BCUT2D eigenvalue weighted by molar-refractivity contribution is -0.129. The van der Waals surface area contributed by atoms with Gasteiger partial charge >= 0.3 is 6.03 Å². The molecule has 0 spiro atoms. The molecule has 1 saturated heterocycles. The van der Waals surface area contributed by atoms with Gasteiger partial charge in [-0.3, -0.25) is 4.79 Å². The van der Waals surface area contributed by atoms with Crippen LogP contribution in [0.15, 0.2) is 54.7 Å². The van der Waals surface area contributed by atoms with Crippen molar-refractivity contribution in [2.75, 3.05) is 26.9 Å². The van der Waals surface area contributed by atoms with Gasteiger partial charge in [-0.1, -0.05) is 38.1 Å². The summed E-state index contributed by atoms with van der Waals surface area (Å²) in [6.07, 6.45) is 0.992. The lowest BCUT2D eigenvalue weighted by atomic mass is 10.1. The molecular weight excluding hydrogens is 479 g/mol. The number of carbonyl (C=O) groups excluding carboxylic acids is 2. The van der Waals surface area contributed by atoms with E-state index in [0.29, 0.717) is 23.7 Å². The average Bonchev–Trinajstić information content (AvgIpc) is 3.52. The smallest absolute Gasteiger partial charge is 0.325 e. The van der Waals surface area contributed by atoms with Gasteiger partial charge in [-0.15, -0.1) is 0 Å². The first kappa shape index (κ1) is 29.5. The molecule has 1 fully saturated rings. The minimum atomic E-state index is -0.734. The predicted octanol–water partition coefficient (Wildman–Crippen LogP) is 4.24. The summed E-state index contributed by atoms with van der Waals surface area (Å²) < 4.78 is 24.6. The van der Waals surface area contributed by atoms with Crippen LogP contribution in [0.25, 0.3) is 11.3 Å². The summed E-state index contributed by atoms with van der Waals surface area (Å²) in [5, 5.41) is 10.9. The van der Waals surface area contributed by atoms with Gasteiger partial charge in [-0.25, -0.2) is 19.1 Å². The van der Waals surface area contributed by atoms with Gasteiger partial charge in [0.15, 0.2) is 0 Å². The zero-order valence-electron chi connectivity index (χ0n) is 21.8. The number of H-pyrrole nitrogens is 1. The third-order valence-electron chi connectivity index (χ3n) is 5.37. The van der Waals surface area contributed by atoms with E-state index in [2.05, 4.69) is 15.3 Å². The number of imidazole rings is 1. The van der Waals surface area contributed by atoms with Gasteiger partial charge < -0.3 is 24.9 Å². The van der Waals surface area contributed by atoms with Crippen LogP contribution in [-0.4, -0.2) is 64.9 Å². The van der Waals surface area contributed by atoms with Crippen molar-refractivity contribution in [1.82, 2.24) is 20.2 Å². The number of nitrogens with zero attached hydrogens (tertiary/aromatic N) is 2. The molecule has 4 rings (SSSR count). The van der Waals surface area contributed by atoms with Crippen molar-refractivity contribution < 1.29 is 28.6 Å². The van der Waals surface area contributed by atoms with Crippen LogP contribution in [0.4, 0.5) is 9.18 Å². The molecule has 3 aromatic rings. The number of halogens is 1. The molecule has 2 unspecified atom stereocenters. The third-order valence-corrected chi connectivity index (χ3v) is 5.37. The van der Waals surface area contributed by atoms with Crippen LogP contribution >= 0.6 is 0 Å². The molecule has 1 aromatic heterocycles. The summed E-state index contributed by atoms with van der Waals surface area (Å²) in [6, 6.07) is 13.1. The van der Waals surface area contributed by atoms with Crippen molar-refractivity contribution in [3.05, 3.63) is 71.9 Å². The van der Waals surface area contributed by atoms with Crippen LogP contribution in [0.1, 0.15) is 38.2 Å². The highest BCUT2D eigenvalue weighted by atomic mass is 19.1. The first-order chi connectivity index (χ1) is 17.8. The van der Waals surface area contributed by atoms with Gasteiger partial charge in [0.05, 0.1) is 31.1 Å². The van der Waals surface area contributed by atoms with Gasteiger partial charge in [-0.05, 0) is 43.7 Å². The minimum Gasteiger partial charge on any atom is -0.491 e. The average molecular weight is 515 g/mol. The van der Waals surface area contributed by atoms with Crippen molar-refractivity contribution in [1.29, 1.82) is 0 Å². The van der Waals surface area contributed by atoms with Gasteiger partial charge in [-0.2, -0.15) is 0 Å². The van der Waals surface area contributed by atoms with Gasteiger partial charge in [0.2, 0.25) is 0 Å². The maximum atomic E-state index is 14.2. The van der Waals surface area contributed by atoms with E-state index in [4.69, 9.17) is 14.6 Å². The molecule has 2 heterocycles. The fourth-order valence-electron chi connectivity index (χ4n) is 3.54. The molecule has 1 aliphatic rings. The van der Waals surface area contributed by atoms with Crippen LogP contribution in [0.5, 0.6) is 5.75 Å². The molecule has 9 nitrogen and oxygen atoms in total. The largest absolute Gasteiger partial charge is 0.491 e. The van der Waals surface area contributed by atoms with E-state index in [-0.39, 0.29) is 24.9 Å². The maximum Gasteiger partial charge on any atom is 0.325 e. The Labute approximate surface area is 216 Å². The van der Waals surface area contributed by atoms with Crippen LogP contribution in [-0.2, 0) is 9.53 Å². The van der Waals surface area contributed by atoms with Crippen molar-refractivity contribution in [3.63, 3.8) is 0 Å². The highest BCUT2D eigenvalue weighted by molar-refractivity contribution is 6.02. The Morgan fingerprint density at radius 1 is 1.16 bits per heavy atom. The molecule has 2 aromatic carbocycles. The van der Waals surface area contributed by atoms with E-state index in [9.17, 15) is 14.0 Å². The number of amides is 3. The Morgan fingerprint density at radius 3 is 2.43 bits per heavy atom. The third kappa shape index (κ3) is 7.86. The number of methoxy groups -OCH3 is 1. The van der Waals surface area contributed by atoms with E-state index in [1.807, 2.05) is 44.2 Å². The molecule has 10 heteroatoms. The highest BCUT2D eigenvalue weighted by Crippen LogP contribution is 2.29. The topological polar surface area (TPSA) is 117 Å². The van der Waals surface area contributed by atoms with Crippen LogP contribution in [0.3, 0.4) is 0 Å². The number of aliphatic hydroxyl groups is 1. The summed E-state index contributed by atoms with van der Waals surface area (Å²) in [7, 11) is 1.49. The fraction of sp³-hybridized carbons (Fsp3) is 0.370. The Kier molecular flexibility index (Phi) is 11.7. The van der Waals surface area contributed by atoms with Gasteiger partial charge in [0, 0.05) is 12.7 Å². The number of hydrogen-bond donors (Lipinski definition) is 3. The van der Waals surface area contributed by atoms with Crippen molar-refractivity contribution in [3.8, 4) is 17.0 Å². The quantitative estimate of drug-likeness (QED) is 0.387. The number of urea groups is 1. The first-order valence-corrected chi connectivity index (χ1v) is 12.1. The van der Waals surface area contributed by atoms with Crippen LogP contribution in [0, 0.1) is 12.7 Å². The monoisotopic (exact) mass is 514 g/mol. The molecule has 0 saturated carbocycles. The van der Waals surface area contributed by atoms with E-state index in [1.165, 1.54) is 19.4 Å². The Morgan fingerprint density at radius 2 is 1.86 bits per heavy atom. The van der Waals surface area contributed by atoms with Gasteiger partial charge in [0.1, 0.15) is 30.0 Å². The standard InChI is InChI=1S/C17H19FN4O3.C8H10O2.C2H6/c1-9-4-5-11(12(18)6-9)13-7-19-16(21-13)15(10(2)25-3)22-14(23)8-20-17(22)24;9-6-7-10-8-4-2-1-3-5-8;1-2/h4-7,10,15H,8H2,1-3H3,(H,19,21)(H,20,24);1-5,9H,6-7H2;1-2H3. The summed E-state index contributed by atoms with van der Waals surface area (Å²) in [6.45, 7) is 7.90. The molecule has 1 aliphatic heterocycles. The lowest BCUT2D eigenvalue weighted by Gasteiger charge is -2.27. The number of hydrogen-bond acceptors (Lipinski definition) is 6. The van der Waals surface area contributed by atoms with Crippen molar-refractivity contribution in [2.45, 2.75) is 39.8 Å². The first-order valence-electron chi connectivity index (χ1n) is 12.1. The lowest BCUT2D eigenvalue weighted by Crippen LogP contribution is -2.41. The molecule has 200 valence electrons. The second kappa shape index (κ2) is 14.7. The Balaban J connectivity index is 0.000000336. The van der Waals surface area contributed by atoms with E-state index in [0.717, 1.165) is 16.2 Å². The minimum absolute atomic E-state index is 0.0636. The summed E-state index contributed by atoms with van der Waals surface area (Å²) in [4.78, 5) is 32.5. The molecule has 0 aliphatic carbocycles. The van der Waals surface area contributed by atoms with Crippen LogP contribution in [0.2, 0.25) is 0 Å². The molecule has 3 N–H and O–H groups in total. The fourth-order valence-corrected chi connectivity index (χ4v) is 3.54. The Hall–Kier alpha value is -3.76. The number of carbonyl (C=O) groups is 2. The number of aliphatic hydroxyl groups excluding tert-OH is 1. The van der Waals surface area contributed by atoms with E-state index in [1.54, 1.807) is 26.0 Å². The summed E-state index contributed by atoms with van der Waals surface area (Å²) in [5.41, 5.74) is 1.64. The normalized spacial score (nSPS) is 14.1. The zero-order valence-corrected chi connectivity index (χ0v) is 21.8. The number of aromatic nitrogens is 2. The SMILES string of the molecule is CC.COC(C)C(c1ncc(-c2ccc(C)cc2F)[nH]1)N1C(=O)CNC1=O.OCCOc1ccccc1. The Bertz CT molecular complexity index is 1120. The number of rotatable bonds is 8. The molecule has 3 amide bonds. The number of imide groups is 1. The van der Waals surface area contributed by atoms with Crippen LogP contribution < -0.4 is 10.1 Å². The second-order valence-electron chi connectivity index (χ2n) is 7.86. The number of aryl methyl sites for hydroxylation is 1. The molecule has 0 radical (unpaired) electrons. The second-order valence-corrected chi connectivity index (χ2v) is 7.86. The number of aromatic amines is 1. The predicted molar refractivity (Wildman–Crippen MR) is 139 cm³/mol. The molecule has 37 heavy (non-hydrogen) atoms. The van der Waals surface area contributed by atoms with Gasteiger partial charge in [0.25, 0.3) is 5.91 Å². The zero-order chi connectivity index (χ0) is 27.4. The maximum absolute atomic E-state index is 14.2. The molecule has 0 bridgehead atoms. The molecule has 2 atom stereocenters. The highest BCUT2D eigenvalue weighted by Gasteiger charge is 2.40. The number of nitrogens with one attached hydrogen (secondary N) is 2. The number of ether oxygens (including phenoxy) is 2. The number of para-hydroxylation sites is 1. The van der Waals surface area contributed by atoms with E-state index < -0.39 is 18.2 Å². The van der Waals surface area contributed by atoms with Crippen molar-refractivity contribution >= 4 is 11.9 Å². The summed E-state index contributed by atoms with van der Waals surface area (Å²) in [5.74, 6) is 0.422. The van der Waals surface area contributed by atoms with E-state index >= 15 is 0 Å².